The van der Waals surface area contributed by atoms with Gasteiger partial charge in [-0.25, -0.2) is 0 Å². The molecule has 42 heavy (non-hydrogen) atoms. The zero-order valence-corrected chi connectivity index (χ0v) is 28.5. The molecule has 6 aliphatic rings. The number of carbonyl (C=O) groups is 1. The molecule has 3 nitrogen and oxygen atoms in total. The van der Waals surface area contributed by atoms with E-state index in [0.29, 0.717) is 34.5 Å². The minimum absolute atomic E-state index is 0.0125. The smallest absolute Gasteiger partial charge is 0.311 e. The van der Waals surface area contributed by atoms with E-state index in [1.165, 1.54) is 57.8 Å². The molecule has 0 spiro atoms. The Morgan fingerprint density at radius 3 is 2.43 bits per heavy atom. The Labute approximate surface area is 258 Å². The fourth-order valence-electron chi connectivity index (χ4n) is 12.3. The van der Waals surface area contributed by atoms with E-state index in [1.807, 2.05) is 5.57 Å². The Morgan fingerprint density at radius 2 is 1.69 bits per heavy atom. The summed E-state index contributed by atoms with van der Waals surface area (Å²) >= 11 is 0. The van der Waals surface area contributed by atoms with Gasteiger partial charge in [-0.2, -0.15) is 0 Å². The van der Waals surface area contributed by atoms with E-state index in [-0.39, 0.29) is 24.3 Å². The fraction of sp³-hybridized carbons (Fsp3) is 0.923. The van der Waals surface area contributed by atoms with Gasteiger partial charge in [-0.05, 0) is 135 Å². The van der Waals surface area contributed by atoms with Crippen LogP contribution in [0.25, 0.3) is 0 Å². The van der Waals surface area contributed by atoms with E-state index in [4.69, 9.17) is 9.47 Å². The van der Waals surface area contributed by atoms with Crippen molar-refractivity contribution in [3.05, 3.63) is 11.6 Å². The Hall–Kier alpha value is -0.830. The van der Waals surface area contributed by atoms with Crippen molar-refractivity contribution in [3.63, 3.8) is 0 Å². The SMILES string of the molecule is CC[C@H](CC[C@@H](C)[C@H]1CC[C@H]2C3=CC[C@H]4C[C@@H](O[C@@H]5OC(=O)[C@H]6[C@H](CC[C@@H]6C)[C@@H]5C)CC[C@]4(C)[C@H]3CC[C@]12C)C(C)C. The van der Waals surface area contributed by atoms with Crippen molar-refractivity contribution < 1.29 is 14.3 Å². The van der Waals surface area contributed by atoms with Gasteiger partial charge in [0, 0.05) is 5.92 Å². The molecule has 0 amide bonds. The highest BCUT2D eigenvalue weighted by Gasteiger charge is 2.58. The van der Waals surface area contributed by atoms with E-state index in [2.05, 4.69) is 61.5 Å². The molecule has 0 aromatic heterocycles. The molecule has 1 heterocycles. The van der Waals surface area contributed by atoms with E-state index in [9.17, 15) is 4.79 Å². The number of cyclic esters (lactones) is 1. The molecular weight excluding hydrogens is 516 g/mol. The van der Waals surface area contributed by atoms with Crippen LogP contribution >= 0.6 is 0 Å². The second-order valence-electron chi connectivity index (χ2n) is 17.4. The van der Waals surface area contributed by atoms with Crippen LogP contribution in [0.4, 0.5) is 0 Å². The number of esters is 1. The van der Waals surface area contributed by atoms with Crippen LogP contribution in [0.3, 0.4) is 0 Å². The molecule has 0 unspecified atom stereocenters. The zero-order chi connectivity index (χ0) is 30.0. The molecule has 0 radical (unpaired) electrons. The maximum Gasteiger partial charge on any atom is 0.311 e. The quantitative estimate of drug-likeness (QED) is 0.212. The molecule has 3 heteroatoms. The minimum Gasteiger partial charge on any atom is -0.435 e. The largest absolute Gasteiger partial charge is 0.435 e. The predicted octanol–water partition coefficient (Wildman–Crippen LogP) is 10.2. The summed E-state index contributed by atoms with van der Waals surface area (Å²) in [5.74, 6) is 7.05. The molecule has 5 aliphatic carbocycles. The van der Waals surface area contributed by atoms with Crippen molar-refractivity contribution in [1.82, 2.24) is 0 Å². The number of fused-ring (bicyclic) bond motifs is 6. The Bertz CT molecular complexity index is 1020. The van der Waals surface area contributed by atoms with Crippen molar-refractivity contribution in [2.24, 2.45) is 75.9 Å². The van der Waals surface area contributed by atoms with Gasteiger partial charge in [0.2, 0.25) is 6.29 Å². The molecule has 0 N–H and O–H groups in total. The van der Waals surface area contributed by atoms with Gasteiger partial charge in [0.05, 0.1) is 12.0 Å². The van der Waals surface area contributed by atoms with Crippen molar-refractivity contribution in [1.29, 1.82) is 0 Å². The highest BCUT2D eigenvalue weighted by Crippen LogP contribution is 2.67. The van der Waals surface area contributed by atoms with Gasteiger partial charge >= 0.3 is 5.97 Å². The van der Waals surface area contributed by atoms with Crippen LogP contribution in [-0.2, 0) is 14.3 Å². The maximum absolute atomic E-state index is 12.9. The summed E-state index contributed by atoms with van der Waals surface area (Å²) < 4.78 is 12.7. The van der Waals surface area contributed by atoms with Gasteiger partial charge in [-0.1, -0.05) is 79.9 Å². The van der Waals surface area contributed by atoms with Gasteiger partial charge in [-0.3, -0.25) is 4.79 Å². The third-order valence-corrected chi connectivity index (χ3v) is 15.2. The Balaban J connectivity index is 1.10. The highest BCUT2D eigenvalue weighted by molar-refractivity contribution is 5.74. The lowest BCUT2D eigenvalue weighted by atomic mass is 9.47. The van der Waals surface area contributed by atoms with Crippen molar-refractivity contribution >= 4 is 5.97 Å². The molecule has 4 saturated carbocycles. The fourth-order valence-corrected chi connectivity index (χ4v) is 12.3. The van der Waals surface area contributed by atoms with Gasteiger partial charge in [-0.15, -0.1) is 0 Å². The molecule has 1 aliphatic heterocycles. The van der Waals surface area contributed by atoms with Gasteiger partial charge in [0.25, 0.3) is 0 Å². The van der Waals surface area contributed by atoms with Crippen LogP contribution in [0.15, 0.2) is 11.6 Å². The van der Waals surface area contributed by atoms with Crippen LogP contribution in [0.1, 0.15) is 139 Å². The third kappa shape index (κ3) is 5.16. The molecule has 14 atom stereocenters. The first-order valence-corrected chi connectivity index (χ1v) is 18.5. The van der Waals surface area contributed by atoms with Crippen LogP contribution in [-0.4, -0.2) is 18.4 Å². The first-order valence-electron chi connectivity index (χ1n) is 18.5. The Morgan fingerprint density at radius 1 is 0.952 bits per heavy atom. The monoisotopic (exact) mass is 580 g/mol. The normalized spacial score (nSPS) is 48.0. The zero-order valence-electron chi connectivity index (χ0n) is 28.5. The third-order valence-electron chi connectivity index (χ3n) is 15.2. The lowest BCUT2D eigenvalue weighted by Gasteiger charge is -2.58. The molecule has 0 aromatic carbocycles. The number of hydrogen-bond donors (Lipinski definition) is 0. The van der Waals surface area contributed by atoms with Gasteiger partial charge in [0.15, 0.2) is 0 Å². The molecule has 238 valence electrons. The van der Waals surface area contributed by atoms with E-state index in [1.54, 1.807) is 0 Å². The summed E-state index contributed by atoms with van der Waals surface area (Å²) in [5, 5.41) is 0. The second-order valence-corrected chi connectivity index (χ2v) is 17.4. The predicted molar refractivity (Wildman–Crippen MR) is 172 cm³/mol. The number of allylic oxidation sites excluding steroid dienone is 2. The molecule has 1 saturated heterocycles. The minimum atomic E-state index is -0.339. The second kappa shape index (κ2) is 11.8. The van der Waals surface area contributed by atoms with Gasteiger partial charge in [0.1, 0.15) is 0 Å². The first kappa shape index (κ1) is 31.2. The summed E-state index contributed by atoms with van der Waals surface area (Å²) in [6, 6.07) is 0. The van der Waals surface area contributed by atoms with E-state index in [0.717, 1.165) is 61.2 Å². The lowest BCUT2D eigenvalue weighted by molar-refractivity contribution is -0.240. The number of ether oxygens (including phenoxy) is 2. The molecule has 5 fully saturated rings. The van der Waals surface area contributed by atoms with Crippen LogP contribution < -0.4 is 0 Å². The van der Waals surface area contributed by atoms with Gasteiger partial charge < -0.3 is 9.47 Å². The van der Waals surface area contributed by atoms with E-state index >= 15 is 0 Å². The summed E-state index contributed by atoms with van der Waals surface area (Å²) in [7, 11) is 0. The summed E-state index contributed by atoms with van der Waals surface area (Å²) in [5.41, 5.74) is 2.78. The number of rotatable bonds is 8. The maximum atomic E-state index is 12.9. The standard InChI is InChI=1S/C39H64O3/c1-9-27(23(2)3)12-10-24(4)32-16-17-33-31-15-13-28-22-29(18-20-38(28,7)34(31)19-21-39(32,33)8)41-37-26(6)30-14-11-25(5)35(30)36(40)42-37/h15,23-30,32-35,37H,9-14,16-22H2,1-8H3/t24-,25+,26+,27-,28+,29+,30-,32-,33+,34+,35-,37-,38+,39-/m1/s1. The molecule has 0 bridgehead atoms. The summed E-state index contributed by atoms with van der Waals surface area (Å²) in [6.07, 6.45) is 19.5. The van der Waals surface area contributed by atoms with Crippen molar-refractivity contribution in [2.75, 3.05) is 0 Å². The van der Waals surface area contributed by atoms with Crippen molar-refractivity contribution in [2.45, 2.75) is 151 Å². The average molecular weight is 581 g/mol. The van der Waals surface area contributed by atoms with Crippen LogP contribution in [0.2, 0.25) is 0 Å². The molecule has 0 aromatic rings. The lowest BCUT2D eigenvalue weighted by Crippen LogP contribution is -2.51. The topological polar surface area (TPSA) is 35.5 Å². The van der Waals surface area contributed by atoms with Crippen LogP contribution in [0.5, 0.6) is 0 Å². The average Bonchev–Trinajstić information content (AvgIpc) is 3.52. The first-order chi connectivity index (χ1) is 20.0. The van der Waals surface area contributed by atoms with Crippen molar-refractivity contribution in [3.8, 4) is 0 Å². The molecular formula is C39H64O3. The number of hydrogen-bond acceptors (Lipinski definition) is 3. The number of carbonyl (C=O) groups excluding carboxylic acids is 1. The highest BCUT2D eigenvalue weighted by atomic mass is 16.7. The Kier molecular flexibility index (Phi) is 8.78. The van der Waals surface area contributed by atoms with E-state index < -0.39 is 0 Å². The van der Waals surface area contributed by atoms with Crippen LogP contribution in [0, 0.1) is 75.9 Å². The summed E-state index contributed by atoms with van der Waals surface area (Å²) in [6.45, 7) is 19.7. The molecule has 6 rings (SSSR count). The summed E-state index contributed by atoms with van der Waals surface area (Å²) in [4.78, 5) is 12.9.